The molecule has 0 aliphatic rings. The van der Waals surface area contributed by atoms with Crippen molar-refractivity contribution in [1.82, 2.24) is 0 Å². The van der Waals surface area contributed by atoms with E-state index in [1.54, 1.807) is 0 Å². The number of nitrogens with two attached hydrogens (primary N) is 1. The number of carboxylic acids is 1. The van der Waals surface area contributed by atoms with Crippen molar-refractivity contribution in [3.8, 4) is 0 Å². The van der Waals surface area contributed by atoms with Crippen LogP contribution in [0.15, 0.2) is 18.2 Å². The molecule has 3 N–H and O–H groups in total. The summed E-state index contributed by atoms with van der Waals surface area (Å²) in [6, 6.07) is 6.02. The van der Waals surface area contributed by atoms with Gasteiger partial charge in [0, 0.05) is 6.54 Å². The van der Waals surface area contributed by atoms with Crippen LogP contribution in [0, 0.1) is 12.8 Å². The van der Waals surface area contributed by atoms with Crippen LogP contribution >= 0.6 is 0 Å². The molecule has 0 spiro atoms. The van der Waals surface area contributed by atoms with E-state index in [4.69, 9.17) is 10.8 Å². The minimum atomic E-state index is -0.738. The number of benzene rings is 1. The van der Waals surface area contributed by atoms with Crippen LogP contribution in [0.4, 0.5) is 0 Å². The fourth-order valence-corrected chi connectivity index (χ4v) is 2.42. The predicted molar refractivity (Wildman–Crippen MR) is 73.5 cm³/mol. The zero-order chi connectivity index (χ0) is 13.7. The van der Waals surface area contributed by atoms with Crippen molar-refractivity contribution in [1.29, 1.82) is 0 Å². The Morgan fingerprint density at radius 2 is 2.11 bits per heavy atom. The summed E-state index contributed by atoms with van der Waals surface area (Å²) < 4.78 is 0. The number of hydrogen-bond acceptors (Lipinski definition) is 2. The zero-order valence-corrected chi connectivity index (χ0v) is 11.4. The molecule has 2 atom stereocenters. The molecule has 0 fully saturated rings. The third-order valence-corrected chi connectivity index (χ3v) is 3.83. The minimum absolute atomic E-state index is 0.0685. The summed E-state index contributed by atoms with van der Waals surface area (Å²) >= 11 is 0. The normalized spacial score (nSPS) is 14.2. The van der Waals surface area contributed by atoms with Crippen molar-refractivity contribution in [3.05, 3.63) is 34.9 Å². The van der Waals surface area contributed by atoms with Crippen molar-refractivity contribution >= 4 is 5.97 Å². The molecule has 0 heterocycles. The lowest BCUT2D eigenvalue weighted by Gasteiger charge is -2.24. The molecular weight excluding hydrogens is 226 g/mol. The highest BCUT2D eigenvalue weighted by atomic mass is 16.4. The van der Waals surface area contributed by atoms with Gasteiger partial charge in [-0.1, -0.05) is 38.5 Å². The number of carbonyl (C=O) groups is 1. The van der Waals surface area contributed by atoms with E-state index in [0.717, 1.165) is 23.1 Å². The summed E-state index contributed by atoms with van der Waals surface area (Å²) in [6.07, 6.45) is 1.16. The topological polar surface area (TPSA) is 63.3 Å². The van der Waals surface area contributed by atoms with Gasteiger partial charge in [-0.3, -0.25) is 4.79 Å². The fourth-order valence-electron chi connectivity index (χ4n) is 2.42. The molecule has 18 heavy (non-hydrogen) atoms. The smallest absolute Gasteiger partial charge is 0.303 e. The summed E-state index contributed by atoms with van der Waals surface area (Å²) in [5.74, 6) is -0.315. The molecule has 0 amide bonds. The molecule has 1 aromatic rings. The maximum Gasteiger partial charge on any atom is 0.303 e. The second-order valence-electron chi connectivity index (χ2n) is 4.93. The van der Waals surface area contributed by atoms with Gasteiger partial charge in [-0.15, -0.1) is 0 Å². The van der Waals surface area contributed by atoms with Gasteiger partial charge in [0.05, 0.1) is 6.42 Å². The van der Waals surface area contributed by atoms with Crippen molar-refractivity contribution < 1.29 is 9.90 Å². The molecule has 0 aliphatic heterocycles. The predicted octanol–water partition coefficient (Wildman–Crippen LogP) is 3.06. The van der Waals surface area contributed by atoms with Gasteiger partial charge in [0.1, 0.15) is 0 Å². The third kappa shape index (κ3) is 3.33. The molecule has 0 saturated heterocycles. The molecule has 1 aromatic carbocycles. The summed E-state index contributed by atoms with van der Waals surface area (Å²) in [4.78, 5) is 11.0. The van der Waals surface area contributed by atoms with Gasteiger partial charge < -0.3 is 10.8 Å². The van der Waals surface area contributed by atoms with Crippen molar-refractivity contribution in [2.75, 3.05) is 0 Å². The van der Waals surface area contributed by atoms with Crippen LogP contribution in [0.3, 0.4) is 0 Å². The molecule has 1 rings (SSSR count). The highest BCUT2D eigenvalue weighted by Crippen LogP contribution is 2.33. The van der Waals surface area contributed by atoms with E-state index in [1.165, 1.54) is 0 Å². The van der Waals surface area contributed by atoms with Gasteiger partial charge in [-0.2, -0.15) is 0 Å². The SMILES string of the molecule is CCC(C)C(CC(=O)O)c1cccc(CN)c1C. The van der Waals surface area contributed by atoms with Gasteiger partial charge in [-0.05, 0) is 35.4 Å². The Labute approximate surface area is 109 Å². The Bertz CT molecular complexity index is 415. The highest BCUT2D eigenvalue weighted by Gasteiger charge is 2.23. The van der Waals surface area contributed by atoms with Crippen molar-refractivity contribution in [2.24, 2.45) is 11.7 Å². The second kappa shape index (κ2) is 6.55. The van der Waals surface area contributed by atoms with Gasteiger partial charge in [0.25, 0.3) is 0 Å². The quantitative estimate of drug-likeness (QED) is 0.814. The van der Waals surface area contributed by atoms with Crippen molar-refractivity contribution in [2.45, 2.75) is 46.1 Å². The summed E-state index contributed by atoms with van der Waals surface area (Å²) in [6.45, 7) is 6.75. The van der Waals surface area contributed by atoms with Crippen LogP contribution in [0.2, 0.25) is 0 Å². The Hall–Kier alpha value is -1.35. The first kappa shape index (κ1) is 14.7. The Balaban J connectivity index is 3.16. The van der Waals surface area contributed by atoms with Gasteiger partial charge in [-0.25, -0.2) is 0 Å². The average molecular weight is 249 g/mol. The highest BCUT2D eigenvalue weighted by molar-refractivity contribution is 5.68. The van der Waals surface area contributed by atoms with E-state index >= 15 is 0 Å². The maximum atomic E-state index is 11.0. The van der Waals surface area contributed by atoms with Gasteiger partial charge in [0.2, 0.25) is 0 Å². The molecule has 100 valence electrons. The number of aliphatic carboxylic acids is 1. The molecule has 0 aliphatic carbocycles. The summed E-state index contributed by atoms with van der Waals surface area (Å²) in [5.41, 5.74) is 9.10. The summed E-state index contributed by atoms with van der Waals surface area (Å²) in [5, 5.41) is 9.08. The van der Waals surface area contributed by atoms with Crippen LogP contribution in [-0.2, 0) is 11.3 Å². The zero-order valence-electron chi connectivity index (χ0n) is 11.4. The first-order valence-corrected chi connectivity index (χ1v) is 6.51. The van der Waals surface area contributed by atoms with E-state index in [9.17, 15) is 4.79 Å². The van der Waals surface area contributed by atoms with Gasteiger partial charge >= 0.3 is 5.97 Å². The molecule has 3 nitrogen and oxygen atoms in total. The molecular formula is C15H23NO2. The number of carboxylic acid groups (broad SMARTS) is 1. The third-order valence-electron chi connectivity index (χ3n) is 3.83. The number of hydrogen-bond donors (Lipinski definition) is 2. The molecule has 0 saturated carbocycles. The maximum absolute atomic E-state index is 11.0. The molecule has 0 bridgehead atoms. The van der Waals surface area contributed by atoms with E-state index in [1.807, 2.05) is 25.1 Å². The molecule has 3 heteroatoms. The van der Waals surface area contributed by atoms with E-state index < -0.39 is 5.97 Å². The monoisotopic (exact) mass is 249 g/mol. The lowest BCUT2D eigenvalue weighted by atomic mass is 9.80. The second-order valence-corrected chi connectivity index (χ2v) is 4.93. The minimum Gasteiger partial charge on any atom is -0.481 e. The molecule has 0 radical (unpaired) electrons. The van der Waals surface area contributed by atoms with Crippen LogP contribution in [0.25, 0.3) is 0 Å². The first-order chi connectivity index (χ1) is 8.51. The lowest BCUT2D eigenvalue weighted by Crippen LogP contribution is -2.16. The van der Waals surface area contributed by atoms with Crippen LogP contribution < -0.4 is 5.73 Å². The molecule has 2 unspecified atom stereocenters. The van der Waals surface area contributed by atoms with Crippen LogP contribution in [0.5, 0.6) is 0 Å². The fraction of sp³-hybridized carbons (Fsp3) is 0.533. The van der Waals surface area contributed by atoms with Crippen LogP contribution in [-0.4, -0.2) is 11.1 Å². The Morgan fingerprint density at radius 3 is 2.61 bits per heavy atom. The van der Waals surface area contributed by atoms with Gasteiger partial charge in [0.15, 0.2) is 0 Å². The van der Waals surface area contributed by atoms with E-state index in [2.05, 4.69) is 13.8 Å². The lowest BCUT2D eigenvalue weighted by molar-refractivity contribution is -0.137. The van der Waals surface area contributed by atoms with E-state index in [0.29, 0.717) is 12.5 Å². The summed E-state index contributed by atoms with van der Waals surface area (Å²) in [7, 11) is 0. The van der Waals surface area contributed by atoms with Crippen LogP contribution in [0.1, 0.15) is 49.3 Å². The standard InChI is InChI=1S/C15H23NO2/c1-4-10(2)14(8-15(17)18)13-7-5-6-12(9-16)11(13)3/h5-7,10,14H,4,8-9,16H2,1-3H3,(H,17,18). The Morgan fingerprint density at radius 1 is 1.44 bits per heavy atom. The molecule has 0 aromatic heterocycles. The first-order valence-electron chi connectivity index (χ1n) is 6.51. The average Bonchev–Trinajstić information content (AvgIpc) is 2.35. The van der Waals surface area contributed by atoms with E-state index in [-0.39, 0.29) is 12.3 Å². The largest absolute Gasteiger partial charge is 0.481 e. The Kier molecular flexibility index (Phi) is 5.35. The number of rotatable bonds is 6. The van der Waals surface area contributed by atoms with Crippen molar-refractivity contribution in [3.63, 3.8) is 0 Å².